The van der Waals surface area contributed by atoms with Gasteiger partial charge in [-0.2, -0.15) is 0 Å². The van der Waals surface area contributed by atoms with Crippen LogP contribution in [0.15, 0.2) is 18.5 Å². The topological polar surface area (TPSA) is 68.7 Å². The summed E-state index contributed by atoms with van der Waals surface area (Å²) in [6.07, 6.45) is 2.08. The molecule has 1 rings (SSSR count). The number of carbonyl (C=O) groups is 1. The molecular formula is C9H11NO4. The van der Waals surface area contributed by atoms with Gasteiger partial charge in [-0.1, -0.05) is 0 Å². The number of hydrogen-bond acceptors (Lipinski definition) is 4. The Morgan fingerprint density at radius 1 is 1.50 bits per heavy atom. The number of carboxylic acids is 1. The summed E-state index contributed by atoms with van der Waals surface area (Å²) in [6.45, 7) is 0. The lowest BCUT2D eigenvalue weighted by Crippen LogP contribution is -2.10. The highest BCUT2D eigenvalue weighted by Gasteiger charge is 2.17. The summed E-state index contributed by atoms with van der Waals surface area (Å²) in [5, 5.41) is 8.85. The van der Waals surface area contributed by atoms with Gasteiger partial charge in [0.15, 0.2) is 6.29 Å². The van der Waals surface area contributed by atoms with E-state index in [1.54, 1.807) is 6.07 Å². The van der Waals surface area contributed by atoms with Crippen LogP contribution in [0.25, 0.3) is 0 Å². The fourth-order valence-corrected chi connectivity index (χ4v) is 1.14. The van der Waals surface area contributed by atoms with Crippen molar-refractivity contribution in [3.63, 3.8) is 0 Å². The third kappa shape index (κ3) is 2.07. The molecular weight excluding hydrogens is 186 g/mol. The summed E-state index contributed by atoms with van der Waals surface area (Å²) in [5.41, 5.74) is 0.540. The van der Waals surface area contributed by atoms with E-state index >= 15 is 0 Å². The van der Waals surface area contributed by atoms with Crippen LogP contribution in [0.4, 0.5) is 0 Å². The Labute approximate surface area is 81.3 Å². The zero-order chi connectivity index (χ0) is 10.6. The van der Waals surface area contributed by atoms with Gasteiger partial charge in [-0.25, -0.2) is 4.79 Å². The molecule has 1 N–H and O–H groups in total. The van der Waals surface area contributed by atoms with Gasteiger partial charge in [0.1, 0.15) is 0 Å². The van der Waals surface area contributed by atoms with Gasteiger partial charge >= 0.3 is 5.97 Å². The van der Waals surface area contributed by atoms with Crippen LogP contribution in [-0.2, 0) is 9.47 Å². The van der Waals surface area contributed by atoms with Crippen LogP contribution in [0.5, 0.6) is 0 Å². The van der Waals surface area contributed by atoms with Gasteiger partial charge in [-0.3, -0.25) is 4.98 Å². The number of nitrogens with zero attached hydrogens (tertiary/aromatic N) is 1. The number of rotatable bonds is 4. The van der Waals surface area contributed by atoms with Crippen LogP contribution in [0.1, 0.15) is 22.2 Å². The molecule has 76 valence electrons. The third-order valence-electron chi connectivity index (χ3n) is 1.77. The minimum Gasteiger partial charge on any atom is -0.478 e. The first kappa shape index (κ1) is 10.6. The zero-order valence-corrected chi connectivity index (χ0v) is 7.93. The second-order valence-electron chi connectivity index (χ2n) is 2.57. The molecule has 5 nitrogen and oxygen atoms in total. The molecule has 0 spiro atoms. The fourth-order valence-electron chi connectivity index (χ4n) is 1.14. The molecule has 0 saturated heterocycles. The molecule has 0 aliphatic heterocycles. The SMILES string of the molecule is COC(OC)c1ccncc1C(=O)O. The number of methoxy groups -OCH3 is 2. The summed E-state index contributed by atoms with van der Waals surface area (Å²) in [7, 11) is 2.89. The molecule has 0 aliphatic carbocycles. The van der Waals surface area contributed by atoms with Gasteiger partial charge in [-0.05, 0) is 6.07 Å². The Morgan fingerprint density at radius 3 is 2.64 bits per heavy atom. The van der Waals surface area contributed by atoms with Crippen molar-refractivity contribution in [2.45, 2.75) is 6.29 Å². The highest BCUT2D eigenvalue weighted by Crippen LogP contribution is 2.20. The number of aromatic carboxylic acids is 1. The minimum absolute atomic E-state index is 0.0844. The van der Waals surface area contributed by atoms with E-state index in [9.17, 15) is 4.79 Å². The highest BCUT2D eigenvalue weighted by molar-refractivity contribution is 5.89. The molecule has 0 radical (unpaired) electrons. The molecule has 0 aromatic carbocycles. The molecule has 0 fully saturated rings. The van der Waals surface area contributed by atoms with E-state index in [1.807, 2.05) is 0 Å². The summed E-state index contributed by atoms with van der Waals surface area (Å²) < 4.78 is 9.93. The molecule has 0 aliphatic rings. The molecule has 14 heavy (non-hydrogen) atoms. The van der Waals surface area contributed by atoms with Gasteiger partial charge in [0.05, 0.1) is 5.56 Å². The predicted molar refractivity (Wildman–Crippen MR) is 48.0 cm³/mol. The smallest absolute Gasteiger partial charge is 0.337 e. The van der Waals surface area contributed by atoms with Crippen LogP contribution in [0.3, 0.4) is 0 Å². The van der Waals surface area contributed by atoms with Crippen molar-refractivity contribution < 1.29 is 19.4 Å². The number of aromatic nitrogens is 1. The molecule has 0 atom stereocenters. The maximum absolute atomic E-state index is 10.8. The first-order valence-electron chi connectivity index (χ1n) is 3.93. The van der Waals surface area contributed by atoms with Crippen LogP contribution < -0.4 is 0 Å². The normalized spacial score (nSPS) is 10.5. The van der Waals surface area contributed by atoms with Gasteiger partial charge in [-0.15, -0.1) is 0 Å². The Balaban J connectivity index is 3.11. The Morgan fingerprint density at radius 2 is 2.14 bits per heavy atom. The second-order valence-corrected chi connectivity index (χ2v) is 2.57. The van der Waals surface area contributed by atoms with Gasteiger partial charge in [0.25, 0.3) is 0 Å². The first-order valence-corrected chi connectivity index (χ1v) is 3.93. The van der Waals surface area contributed by atoms with E-state index < -0.39 is 12.3 Å². The number of ether oxygens (including phenoxy) is 2. The average molecular weight is 197 g/mol. The van der Waals surface area contributed by atoms with Crippen molar-refractivity contribution in [1.82, 2.24) is 4.98 Å². The van der Waals surface area contributed by atoms with Crippen LogP contribution in [0.2, 0.25) is 0 Å². The van der Waals surface area contributed by atoms with Crippen LogP contribution >= 0.6 is 0 Å². The minimum atomic E-state index is -1.05. The van der Waals surface area contributed by atoms with E-state index in [0.717, 1.165) is 0 Å². The van der Waals surface area contributed by atoms with Crippen LogP contribution in [-0.4, -0.2) is 30.3 Å². The summed E-state index contributed by atoms with van der Waals surface area (Å²) >= 11 is 0. The lowest BCUT2D eigenvalue weighted by atomic mass is 10.1. The van der Waals surface area contributed by atoms with Gasteiger partial charge < -0.3 is 14.6 Å². The monoisotopic (exact) mass is 197 g/mol. The van der Waals surface area contributed by atoms with Crippen molar-refractivity contribution in [2.24, 2.45) is 0 Å². The molecule has 0 unspecified atom stereocenters. The Hall–Kier alpha value is -1.46. The lowest BCUT2D eigenvalue weighted by molar-refractivity contribution is -0.106. The summed E-state index contributed by atoms with van der Waals surface area (Å²) in [6, 6.07) is 1.56. The third-order valence-corrected chi connectivity index (χ3v) is 1.77. The summed E-state index contributed by atoms with van der Waals surface area (Å²) in [5.74, 6) is -1.05. The average Bonchev–Trinajstić information content (AvgIpc) is 2.20. The van der Waals surface area contributed by atoms with Crippen molar-refractivity contribution in [2.75, 3.05) is 14.2 Å². The quantitative estimate of drug-likeness (QED) is 0.731. The fraction of sp³-hybridized carbons (Fsp3) is 0.333. The van der Waals surface area contributed by atoms with Crippen LogP contribution in [0, 0.1) is 0 Å². The van der Waals surface area contributed by atoms with E-state index in [2.05, 4.69) is 4.98 Å². The lowest BCUT2D eigenvalue weighted by Gasteiger charge is -2.14. The van der Waals surface area contributed by atoms with Crippen molar-refractivity contribution in [1.29, 1.82) is 0 Å². The largest absolute Gasteiger partial charge is 0.478 e. The maximum Gasteiger partial charge on any atom is 0.337 e. The zero-order valence-electron chi connectivity index (χ0n) is 7.93. The Bertz CT molecular complexity index is 322. The Kier molecular flexibility index (Phi) is 3.55. The van der Waals surface area contributed by atoms with Crippen molar-refractivity contribution in [3.05, 3.63) is 29.6 Å². The van der Waals surface area contributed by atoms with E-state index in [1.165, 1.54) is 26.6 Å². The standard InChI is InChI=1S/C9H11NO4/c1-13-9(14-2)6-3-4-10-5-7(6)8(11)12/h3-5,9H,1-2H3,(H,11,12). The number of carboxylic acid groups (broad SMARTS) is 1. The van der Waals surface area contributed by atoms with E-state index in [0.29, 0.717) is 5.56 Å². The predicted octanol–water partition coefficient (Wildman–Crippen LogP) is 1.07. The molecule has 5 heteroatoms. The second kappa shape index (κ2) is 4.69. The molecule has 0 amide bonds. The van der Waals surface area contributed by atoms with Gasteiger partial charge in [0.2, 0.25) is 0 Å². The van der Waals surface area contributed by atoms with Crippen molar-refractivity contribution in [3.8, 4) is 0 Å². The van der Waals surface area contributed by atoms with Gasteiger partial charge in [0, 0.05) is 32.2 Å². The van der Waals surface area contributed by atoms with E-state index in [-0.39, 0.29) is 5.56 Å². The molecule has 1 aromatic rings. The van der Waals surface area contributed by atoms with Crippen molar-refractivity contribution >= 4 is 5.97 Å². The number of pyridine rings is 1. The summed E-state index contributed by atoms with van der Waals surface area (Å²) in [4.78, 5) is 14.5. The molecule has 1 heterocycles. The van der Waals surface area contributed by atoms with E-state index in [4.69, 9.17) is 14.6 Å². The highest BCUT2D eigenvalue weighted by atomic mass is 16.7. The molecule has 0 bridgehead atoms. The first-order chi connectivity index (χ1) is 6.70. The molecule has 1 aromatic heterocycles. The molecule has 0 saturated carbocycles. The number of hydrogen-bond donors (Lipinski definition) is 1. The maximum atomic E-state index is 10.8.